The molecule has 1 N–H and O–H groups in total. The van der Waals surface area contributed by atoms with E-state index in [0.29, 0.717) is 21.5 Å². The lowest BCUT2D eigenvalue weighted by Crippen LogP contribution is -2.28. The third-order valence-corrected chi connectivity index (χ3v) is 4.29. The molecule has 1 aromatic heterocycles. The van der Waals surface area contributed by atoms with Crippen LogP contribution in [0.1, 0.15) is 21.3 Å². The van der Waals surface area contributed by atoms with Crippen LogP contribution in [0.25, 0.3) is 0 Å². The number of hydrogen-bond acceptors (Lipinski definition) is 3. The van der Waals surface area contributed by atoms with Crippen LogP contribution in [0.5, 0.6) is 0 Å². The quantitative estimate of drug-likeness (QED) is 0.893. The maximum absolute atomic E-state index is 12.0. The fraction of sp³-hybridized carbons (Fsp3) is 0.214. The number of halogens is 2. The van der Waals surface area contributed by atoms with E-state index in [2.05, 4.69) is 5.32 Å². The number of ether oxygens (including phenoxy) is 1. The number of benzene rings is 1. The molecule has 6 heteroatoms. The van der Waals surface area contributed by atoms with E-state index in [9.17, 15) is 4.79 Å². The normalized spacial score (nSPS) is 12.2. The molecule has 1 unspecified atom stereocenters. The van der Waals surface area contributed by atoms with Crippen molar-refractivity contribution in [3.63, 3.8) is 0 Å². The van der Waals surface area contributed by atoms with Crippen LogP contribution in [0.15, 0.2) is 36.4 Å². The molecule has 1 amide bonds. The standard InChI is InChI=1S/C14H13Cl2NO2S/c1-19-11(12-5-6-13(16)20-12)8-17-14(18)9-3-2-4-10(15)7-9/h2-7,11H,8H2,1H3,(H,17,18). The van der Waals surface area contributed by atoms with Crippen LogP contribution < -0.4 is 5.32 Å². The van der Waals surface area contributed by atoms with Crippen molar-refractivity contribution in [2.45, 2.75) is 6.10 Å². The summed E-state index contributed by atoms with van der Waals surface area (Å²) < 4.78 is 6.07. The van der Waals surface area contributed by atoms with Gasteiger partial charge in [-0.05, 0) is 30.3 Å². The Morgan fingerprint density at radius 1 is 1.35 bits per heavy atom. The Morgan fingerprint density at radius 2 is 2.15 bits per heavy atom. The van der Waals surface area contributed by atoms with Gasteiger partial charge in [0.1, 0.15) is 6.10 Å². The summed E-state index contributed by atoms with van der Waals surface area (Å²) in [4.78, 5) is 13.0. The van der Waals surface area contributed by atoms with E-state index < -0.39 is 0 Å². The monoisotopic (exact) mass is 329 g/mol. The molecule has 1 aromatic carbocycles. The first-order valence-electron chi connectivity index (χ1n) is 5.92. The average molecular weight is 330 g/mol. The van der Waals surface area contributed by atoms with Crippen molar-refractivity contribution in [1.29, 1.82) is 0 Å². The highest BCUT2D eigenvalue weighted by atomic mass is 35.5. The third kappa shape index (κ3) is 3.96. The SMILES string of the molecule is COC(CNC(=O)c1cccc(Cl)c1)c1ccc(Cl)s1. The number of thiophene rings is 1. The minimum Gasteiger partial charge on any atom is -0.374 e. The number of nitrogens with one attached hydrogen (secondary N) is 1. The van der Waals surface area contributed by atoms with E-state index in [1.165, 1.54) is 11.3 Å². The van der Waals surface area contributed by atoms with Crippen LogP contribution in [-0.4, -0.2) is 19.6 Å². The summed E-state index contributed by atoms with van der Waals surface area (Å²) in [6.45, 7) is 0.374. The van der Waals surface area contributed by atoms with Gasteiger partial charge in [0.25, 0.3) is 5.91 Å². The van der Waals surface area contributed by atoms with Crippen molar-refractivity contribution < 1.29 is 9.53 Å². The lowest BCUT2D eigenvalue weighted by atomic mass is 10.2. The molecule has 0 aliphatic heterocycles. The van der Waals surface area contributed by atoms with Gasteiger partial charge < -0.3 is 10.1 Å². The topological polar surface area (TPSA) is 38.3 Å². The molecule has 0 saturated heterocycles. The zero-order valence-electron chi connectivity index (χ0n) is 10.7. The van der Waals surface area contributed by atoms with Gasteiger partial charge in [-0.2, -0.15) is 0 Å². The van der Waals surface area contributed by atoms with Gasteiger partial charge in [-0.25, -0.2) is 0 Å². The summed E-state index contributed by atoms with van der Waals surface area (Å²) in [5.41, 5.74) is 0.525. The second-order valence-corrected chi connectivity index (χ2v) is 6.27. The van der Waals surface area contributed by atoms with E-state index in [0.717, 1.165) is 4.88 Å². The van der Waals surface area contributed by atoms with E-state index in [1.54, 1.807) is 31.4 Å². The van der Waals surface area contributed by atoms with Crippen LogP contribution in [0.2, 0.25) is 9.36 Å². The number of carbonyl (C=O) groups is 1. The zero-order chi connectivity index (χ0) is 14.5. The minimum atomic E-state index is -0.212. The highest BCUT2D eigenvalue weighted by Gasteiger charge is 2.15. The molecule has 1 heterocycles. The molecular formula is C14H13Cl2NO2S. The summed E-state index contributed by atoms with van der Waals surface area (Å²) in [6, 6.07) is 10.5. The molecule has 2 rings (SSSR count). The third-order valence-electron chi connectivity index (χ3n) is 2.73. The summed E-state index contributed by atoms with van der Waals surface area (Å²) in [7, 11) is 1.60. The fourth-order valence-electron chi connectivity index (χ4n) is 1.72. The van der Waals surface area contributed by atoms with Crippen molar-refractivity contribution in [2.24, 2.45) is 0 Å². The van der Waals surface area contributed by atoms with Gasteiger partial charge in [-0.3, -0.25) is 4.79 Å². The van der Waals surface area contributed by atoms with Gasteiger partial charge in [-0.1, -0.05) is 29.3 Å². The van der Waals surface area contributed by atoms with Gasteiger partial charge in [0.15, 0.2) is 0 Å². The fourth-order valence-corrected chi connectivity index (χ4v) is 3.05. The Morgan fingerprint density at radius 3 is 2.75 bits per heavy atom. The van der Waals surface area contributed by atoms with Crippen LogP contribution in [0, 0.1) is 0 Å². The summed E-state index contributed by atoms with van der Waals surface area (Å²) >= 11 is 13.2. The molecule has 0 aliphatic rings. The van der Waals surface area contributed by atoms with Crippen molar-refractivity contribution in [2.75, 3.05) is 13.7 Å². The van der Waals surface area contributed by atoms with Crippen molar-refractivity contribution in [3.05, 3.63) is 56.2 Å². The molecule has 0 fully saturated rings. The predicted octanol–water partition coefficient (Wildman–Crippen LogP) is 4.17. The number of methoxy groups -OCH3 is 1. The first-order valence-corrected chi connectivity index (χ1v) is 7.49. The molecule has 2 aromatic rings. The molecule has 0 spiro atoms. The predicted molar refractivity (Wildman–Crippen MR) is 82.9 cm³/mol. The Hall–Kier alpha value is -1.07. The molecule has 20 heavy (non-hydrogen) atoms. The smallest absolute Gasteiger partial charge is 0.251 e. The Bertz CT molecular complexity index is 600. The molecule has 106 valence electrons. The largest absolute Gasteiger partial charge is 0.374 e. The first-order chi connectivity index (χ1) is 9.60. The highest BCUT2D eigenvalue weighted by molar-refractivity contribution is 7.16. The number of carbonyl (C=O) groups excluding carboxylic acids is 1. The van der Waals surface area contributed by atoms with Crippen molar-refractivity contribution >= 4 is 40.4 Å². The summed E-state index contributed by atoms with van der Waals surface area (Å²) in [5, 5.41) is 3.36. The van der Waals surface area contributed by atoms with E-state index in [4.69, 9.17) is 27.9 Å². The second kappa shape index (κ2) is 7.09. The van der Waals surface area contributed by atoms with Crippen molar-refractivity contribution in [3.8, 4) is 0 Å². The van der Waals surface area contributed by atoms with Crippen LogP contribution in [-0.2, 0) is 4.74 Å². The average Bonchev–Trinajstić information content (AvgIpc) is 2.86. The second-order valence-electron chi connectivity index (χ2n) is 4.09. The Labute approximate surface area is 131 Å². The Kier molecular flexibility index (Phi) is 5.43. The lowest BCUT2D eigenvalue weighted by molar-refractivity contribution is 0.0837. The molecule has 0 bridgehead atoms. The van der Waals surface area contributed by atoms with Crippen LogP contribution in [0.3, 0.4) is 0 Å². The van der Waals surface area contributed by atoms with Gasteiger partial charge in [0.05, 0.1) is 4.34 Å². The zero-order valence-corrected chi connectivity index (χ0v) is 13.1. The molecule has 0 radical (unpaired) electrons. The number of hydrogen-bond donors (Lipinski definition) is 1. The molecule has 0 saturated carbocycles. The van der Waals surface area contributed by atoms with E-state index in [-0.39, 0.29) is 12.0 Å². The van der Waals surface area contributed by atoms with Crippen LogP contribution >= 0.6 is 34.5 Å². The highest BCUT2D eigenvalue weighted by Crippen LogP contribution is 2.28. The molecule has 3 nitrogen and oxygen atoms in total. The number of amides is 1. The van der Waals surface area contributed by atoms with Gasteiger partial charge in [0, 0.05) is 29.1 Å². The number of rotatable bonds is 5. The summed E-state index contributed by atoms with van der Waals surface area (Å²) in [5.74, 6) is -0.183. The van der Waals surface area contributed by atoms with Gasteiger partial charge >= 0.3 is 0 Å². The summed E-state index contributed by atoms with van der Waals surface area (Å²) in [6.07, 6.45) is -0.212. The molecule has 1 atom stereocenters. The Balaban J connectivity index is 1.98. The molecular weight excluding hydrogens is 317 g/mol. The van der Waals surface area contributed by atoms with E-state index >= 15 is 0 Å². The van der Waals surface area contributed by atoms with Crippen LogP contribution in [0.4, 0.5) is 0 Å². The van der Waals surface area contributed by atoms with E-state index in [1.807, 2.05) is 12.1 Å². The van der Waals surface area contributed by atoms with Gasteiger partial charge in [-0.15, -0.1) is 11.3 Å². The lowest BCUT2D eigenvalue weighted by Gasteiger charge is -2.14. The maximum atomic E-state index is 12.0. The van der Waals surface area contributed by atoms with Crippen molar-refractivity contribution in [1.82, 2.24) is 5.32 Å². The maximum Gasteiger partial charge on any atom is 0.251 e. The van der Waals surface area contributed by atoms with Gasteiger partial charge in [0.2, 0.25) is 0 Å². The minimum absolute atomic E-state index is 0.183. The molecule has 0 aliphatic carbocycles. The first kappa shape index (κ1) is 15.3.